The Morgan fingerprint density at radius 1 is 1.39 bits per heavy atom. The van der Waals surface area contributed by atoms with Crippen LogP contribution in [0.2, 0.25) is 0 Å². The zero-order valence-electron chi connectivity index (χ0n) is 10.3. The number of hydrogen-bond acceptors (Lipinski definition) is 4. The highest BCUT2D eigenvalue weighted by Crippen LogP contribution is 2.11. The van der Waals surface area contributed by atoms with Gasteiger partial charge in [-0.15, -0.1) is 0 Å². The number of nitrogens with two attached hydrogens (primary N) is 1. The van der Waals surface area contributed by atoms with Crippen LogP contribution in [0.1, 0.15) is 11.1 Å². The second kappa shape index (κ2) is 5.95. The van der Waals surface area contributed by atoms with Gasteiger partial charge in [0.15, 0.2) is 0 Å². The van der Waals surface area contributed by atoms with E-state index < -0.39 is 0 Å². The summed E-state index contributed by atoms with van der Waals surface area (Å²) in [5.41, 5.74) is 7.42. The summed E-state index contributed by atoms with van der Waals surface area (Å²) in [6, 6.07) is 7.52. The third-order valence-corrected chi connectivity index (χ3v) is 3.27. The molecule has 1 fully saturated rings. The molecule has 1 unspecified atom stereocenters. The molecule has 1 saturated heterocycles. The van der Waals surface area contributed by atoms with Gasteiger partial charge in [0.1, 0.15) is 6.04 Å². The van der Waals surface area contributed by atoms with E-state index in [0.717, 1.165) is 24.2 Å². The molecule has 0 aliphatic carbocycles. The average Bonchev–Trinajstić information content (AvgIpc) is 2.40. The lowest BCUT2D eigenvalue weighted by atomic mass is 10.1. The Morgan fingerprint density at radius 3 is 2.67 bits per heavy atom. The molecule has 1 aliphatic heterocycles. The second-order valence-corrected chi connectivity index (χ2v) is 4.57. The first-order chi connectivity index (χ1) is 8.70. The first-order valence-electron chi connectivity index (χ1n) is 6.13. The molecule has 1 aromatic carbocycles. The van der Waals surface area contributed by atoms with E-state index in [1.807, 2.05) is 24.3 Å². The number of carbonyl (C=O) groups excluding carboxylic acids is 1. The van der Waals surface area contributed by atoms with Crippen LogP contribution in [-0.4, -0.2) is 41.6 Å². The van der Waals surface area contributed by atoms with Crippen molar-refractivity contribution in [2.45, 2.75) is 19.2 Å². The van der Waals surface area contributed by atoms with E-state index in [0.29, 0.717) is 13.1 Å². The highest BCUT2D eigenvalue weighted by atomic mass is 16.3. The van der Waals surface area contributed by atoms with Gasteiger partial charge in [-0.1, -0.05) is 24.3 Å². The molecule has 98 valence electrons. The van der Waals surface area contributed by atoms with E-state index in [-0.39, 0.29) is 18.6 Å². The number of hydrogen-bond donors (Lipinski definition) is 3. The number of primary amides is 1. The monoisotopic (exact) mass is 249 g/mol. The molecular formula is C13H19N3O2. The number of benzene rings is 1. The molecule has 2 rings (SSSR count). The highest BCUT2D eigenvalue weighted by molar-refractivity contribution is 5.80. The van der Waals surface area contributed by atoms with Crippen molar-refractivity contribution in [3.63, 3.8) is 0 Å². The maximum absolute atomic E-state index is 11.4. The normalized spacial score (nSPS) is 20.8. The van der Waals surface area contributed by atoms with Gasteiger partial charge in [0, 0.05) is 26.2 Å². The van der Waals surface area contributed by atoms with Crippen LogP contribution < -0.4 is 11.1 Å². The molecule has 18 heavy (non-hydrogen) atoms. The molecule has 1 amide bonds. The van der Waals surface area contributed by atoms with E-state index in [9.17, 15) is 4.79 Å². The van der Waals surface area contributed by atoms with Crippen LogP contribution in [0.25, 0.3) is 0 Å². The minimum absolute atomic E-state index is 0.0534. The van der Waals surface area contributed by atoms with Crippen molar-refractivity contribution in [3.8, 4) is 0 Å². The minimum Gasteiger partial charge on any atom is -0.392 e. The van der Waals surface area contributed by atoms with Crippen molar-refractivity contribution in [2.75, 3.05) is 19.6 Å². The Morgan fingerprint density at radius 2 is 2.06 bits per heavy atom. The fourth-order valence-electron chi connectivity index (χ4n) is 2.20. The van der Waals surface area contributed by atoms with Crippen molar-refractivity contribution in [2.24, 2.45) is 5.73 Å². The minimum atomic E-state index is -0.283. The third kappa shape index (κ3) is 3.07. The maximum atomic E-state index is 11.4. The number of nitrogens with zero attached hydrogens (tertiary/aromatic N) is 1. The van der Waals surface area contributed by atoms with Crippen molar-refractivity contribution in [3.05, 3.63) is 35.4 Å². The smallest absolute Gasteiger partial charge is 0.236 e. The number of carbonyl (C=O) groups is 1. The van der Waals surface area contributed by atoms with Crippen LogP contribution in [0.3, 0.4) is 0 Å². The number of rotatable bonds is 4. The average molecular weight is 249 g/mol. The van der Waals surface area contributed by atoms with Crippen LogP contribution in [0.4, 0.5) is 0 Å². The molecule has 5 heteroatoms. The van der Waals surface area contributed by atoms with E-state index in [2.05, 4.69) is 10.2 Å². The predicted molar refractivity (Wildman–Crippen MR) is 68.6 cm³/mol. The predicted octanol–water partition coefficient (Wildman–Crippen LogP) is -0.562. The summed E-state index contributed by atoms with van der Waals surface area (Å²) in [6.07, 6.45) is 0. The Hall–Kier alpha value is -1.43. The zero-order valence-corrected chi connectivity index (χ0v) is 10.3. The SMILES string of the molecule is NC(=O)C1CNCCN1Cc1ccc(CO)cc1. The summed E-state index contributed by atoms with van der Waals surface area (Å²) in [5.74, 6) is -0.283. The van der Waals surface area contributed by atoms with Gasteiger partial charge in [-0.25, -0.2) is 0 Å². The van der Waals surface area contributed by atoms with E-state index in [4.69, 9.17) is 10.8 Å². The summed E-state index contributed by atoms with van der Waals surface area (Å²) in [5, 5.41) is 12.2. The molecule has 0 saturated carbocycles. The number of nitrogens with one attached hydrogen (secondary N) is 1. The van der Waals surface area contributed by atoms with Crippen LogP contribution in [-0.2, 0) is 17.9 Å². The van der Waals surface area contributed by atoms with E-state index >= 15 is 0 Å². The Labute approximate surface area is 107 Å². The fraction of sp³-hybridized carbons (Fsp3) is 0.462. The number of aliphatic hydroxyl groups excluding tert-OH is 1. The van der Waals surface area contributed by atoms with Gasteiger partial charge in [-0.3, -0.25) is 9.69 Å². The topological polar surface area (TPSA) is 78.6 Å². The molecular weight excluding hydrogens is 230 g/mol. The molecule has 0 radical (unpaired) electrons. The highest BCUT2D eigenvalue weighted by Gasteiger charge is 2.26. The zero-order chi connectivity index (χ0) is 13.0. The van der Waals surface area contributed by atoms with Gasteiger partial charge in [0.25, 0.3) is 0 Å². The summed E-state index contributed by atoms with van der Waals surface area (Å²) in [7, 11) is 0. The largest absolute Gasteiger partial charge is 0.392 e. The molecule has 1 heterocycles. The second-order valence-electron chi connectivity index (χ2n) is 4.57. The lowest BCUT2D eigenvalue weighted by molar-refractivity contribution is -0.124. The van der Waals surface area contributed by atoms with Crippen molar-refractivity contribution >= 4 is 5.91 Å². The van der Waals surface area contributed by atoms with Gasteiger partial charge >= 0.3 is 0 Å². The molecule has 4 N–H and O–H groups in total. The van der Waals surface area contributed by atoms with Gasteiger partial charge < -0.3 is 16.2 Å². The van der Waals surface area contributed by atoms with Gasteiger partial charge in [0.05, 0.1) is 6.61 Å². The lowest BCUT2D eigenvalue weighted by Crippen LogP contribution is -2.56. The molecule has 1 aromatic rings. The molecule has 0 spiro atoms. The molecule has 0 bridgehead atoms. The molecule has 5 nitrogen and oxygen atoms in total. The molecule has 1 aliphatic rings. The summed E-state index contributed by atoms with van der Waals surface area (Å²) in [6.45, 7) is 3.07. The Bertz CT molecular complexity index is 405. The van der Waals surface area contributed by atoms with Gasteiger partial charge in [-0.05, 0) is 11.1 Å². The molecule has 1 atom stereocenters. The maximum Gasteiger partial charge on any atom is 0.236 e. The fourth-order valence-corrected chi connectivity index (χ4v) is 2.20. The van der Waals surface area contributed by atoms with Gasteiger partial charge in [-0.2, -0.15) is 0 Å². The third-order valence-electron chi connectivity index (χ3n) is 3.27. The van der Waals surface area contributed by atoms with Crippen molar-refractivity contribution in [1.29, 1.82) is 0 Å². The Kier molecular flexibility index (Phi) is 4.30. The first kappa shape index (κ1) is 13.0. The van der Waals surface area contributed by atoms with Crippen molar-refractivity contribution < 1.29 is 9.90 Å². The number of aliphatic hydroxyl groups is 1. The summed E-state index contributed by atoms with van der Waals surface area (Å²) >= 11 is 0. The quantitative estimate of drug-likeness (QED) is 0.668. The Balaban J connectivity index is 2.03. The van der Waals surface area contributed by atoms with Crippen LogP contribution in [0, 0.1) is 0 Å². The van der Waals surface area contributed by atoms with E-state index in [1.165, 1.54) is 0 Å². The van der Waals surface area contributed by atoms with Crippen molar-refractivity contribution in [1.82, 2.24) is 10.2 Å². The van der Waals surface area contributed by atoms with Gasteiger partial charge in [0.2, 0.25) is 5.91 Å². The molecule has 0 aromatic heterocycles. The standard InChI is InChI=1S/C13H19N3O2/c14-13(18)12-7-15-5-6-16(12)8-10-1-3-11(9-17)4-2-10/h1-4,12,15,17H,5-9H2,(H2,14,18). The van der Waals surface area contributed by atoms with E-state index in [1.54, 1.807) is 0 Å². The van der Waals surface area contributed by atoms with Crippen LogP contribution in [0.5, 0.6) is 0 Å². The summed E-state index contributed by atoms with van der Waals surface area (Å²) in [4.78, 5) is 13.5. The van der Waals surface area contributed by atoms with Crippen LogP contribution in [0.15, 0.2) is 24.3 Å². The lowest BCUT2D eigenvalue weighted by Gasteiger charge is -2.34. The van der Waals surface area contributed by atoms with Crippen LogP contribution >= 0.6 is 0 Å². The number of piperazine rings is 1. The first-order valence-corrected chi connectivity index (χ1v) is 6.13. The number of amides is 1. The summed E-state index contributed by atoms with van der Waals surface area (Å²) < 4.78 is 0.